The van der Waals surface area contributed by atoms with E-state index in [9.17, 15) is 17.8 Å². The van der Waals surface area contributed by atoms with E-state index in [1.54, 1.807) is 24.3 Å². The molecule has 0 saturated heterocycles. The van der Waals surface area contributed by atoms with E-state index in [0.29, 0.717) is 15.5 Å². The van der Waals surface area contributed by atoms with Crippen molar-refractivity contribution in [1.82, 2.24) is 0 Å². The fraction of sp³-hybridized carbons (Fsp3) is 0.0556. The Morgan fingerprint density at radius 1 is 0.962 bits per heavy atom. The van der Waals surface area contributed by atoms with Gasteiger partial charge in [0, 0.05) is 11.1 Å². The van der Waals surface area contributed by atoms with Gasteiger partial charge < -0.3 is 10.6 Å². The number of carbonyl (C=O) groups is 1. The summed E-state index contributed by atoms with van der Waals surface area (Å²) in [6.45, 7) is 0. The number of nitrogens with one attached hydrogen (secondary N) is 2. The van der Waals surface area contributed by atoms with Gasteiger partial charge in [0.1, 0.15) is 0 Å². The summed E-state index contributed by atoms with van der Waals surface area (Å²) in [5, 5.41) is 7.56. The van der Waals surface area contributed by atoms with Gasteiger partial charge in [-0.1, -0.05) is 52.9 Å². The number of amides is 1. The Balaban J connectivity index is 2.01. The van der Waals surface area contributed by atoms with Crippen LogP contribution in [-0.4, -0.2) is 23.3 Å². The van der Waals surface area contributed by atoms with Crippen molar-refractivity contribution in [1.29, 1.82) is 0 Å². The van der Waals surface area contributed by atoms with Gasteiger partial charge in [0.05, 0.1) is 20.7 Å². The van der Waals surface area contributed by atoms with Crippen LogP contribution in [0.5, 0.6) is 0 Å². The molecule has 6 nitrogen and oxygen atoms in total. The molecule has 1 amide bonds. The quantitative estimate of drug-likeness (QED) is 0.288. The molecule has 0 saturated carbocycles. The summed E-state index contributed by atoms with van der Waals surface area (Å²) in [6, 6.07) is 17.1. The second kappa shape index (κ2) is 7.60. The Kier molecular flexibility index (Phi) is 5.44. The van der Waals surface area contributed by atoms with Crippen LogP contribution in [0.4, 0.5) is 17.1 Å². The molecule has 0 aliphatic heterocycles. The first-order valence-corrected chi connectivity index (χ1v) is 10.6. The molecule has 0 unspecified atom stereocenters. The molecule has 3 rings (SSSR count). The van der Waals surface area contributed by atoms with Gasteiger partial charge in [-0.15, -0.1) is 0 Å². The molecule has 0 heterocycles. The van der Waals surface area contributed by atoms with Crippen molar-refractivity contribution < 1.29 is 17.8 Å². The summed E-state index contributed by atoms with van der Waals surface area (Å²) in [7, 11) is -4.26. The van der Waals surface area contributed by atoms with Crippen LogP contribution >= 0.6 is 22.6 Å². The average Bonchev–Trinajstić information content (AvgIpc) is 2.62. The summed E-state index contributed by atoms with van der Waals surface area (Å²) >= 11 is 1.99. The van der Waals surface area contributed by atoms with Crippen LogP contribution in [0, 0.1) is 0 Å². The Morgan fingerprint density at radius 3 is 2.35 bits per heavy atom. The lowest BCUT2D eigenvalue weighted by molar-refractivity contribution is -0.113. The van der Waals surface area contributed by atoms with Gasteiger partial charge in [-0.05, 0) is 35.7 Å². The van der Waals surface area contributed by atoms with Crippen molar-refractivity contribution in [2.45, 2.75) is 4.90 Å². The van der Waals surface area contributed by atoms with E-state index in [-0.39, 0.29) is 10.8 Å². The van der Waals surface area contributed by atoms with Crippen molar-refractivity contribution in [3.05, 3.63) is 60.7 Å². The van der Waals surface area contributed by atoms with Crippen LogP contribution in [0.3, 0.4) is 0 Å². The van der Waals surface area contributed by atoms with Gasteiger partial charge in [0.25, 0.3) is 10.1 Å². The van der Waals surface area contributed by atoms with Crippen molar-refractivity contribution in [3.8, 4) is 0 Å². The second-order valence-corrected chi connectivity index (χ2v) is 7.70. The van der Waals surface area contributed by atoms with Crippen LogP contribution in [0.2, 0.25) is 0 Å². The fourth-order valence-electron chi connectivity index (χ4n) is 2.56. The number of rotatable bonds is 5. The first kappa shape index (κ1) is 18.6. The first-order valence-electron chi connectivity index (χ1n) is 7.60. The number of anilines is 3. The Morgan fingerprint density at radius 2 is 1.65 bits per heavy atom. The number of hydrogen-bond donors (Lipinski definition) is 3. The molecular formula is C18H15IN2O4S. The minimum absolute atomic E-state index is 0.101. The molecule has 0 bridgehead atoms. The highest BCUT2D eigenvalue weighted by atomic mass is 127. The van der Waals surface area contributed by atoms with Gasteiger partial charge in [-0.25, -0.2) is 0 Å². The predicted octanol–water partition coefficient (Wildman–Crippen LogP) is 4.20. The van der Waals surface area contributed by atoms with Crippen molar-refractivity contribution in [3.63, 3.8) is 0 Å². The molecule has 3 aromatic carbocycles. The topological polar surface area (TPSA) is 95.5 Å². The average molecular weight is 482 g/mol. The molecule has 0 aliphatic rings. The summed E-state index contributed by atoms with van der Waals surface area (Å²) in [5.74, 6) is -0.101. The van der Waals surface area contributed by atoms with Crippen LogP contribution in [-0.2, 0) is 14.9 Å². The third-order valence-corrected chi connectivity index (χ3v) is 5.28. The third kappa shape index (κ3) is 4.14. The fourth-order valence-corrected chi connectivity index (χ4v) is 3.27. The van der Waals surface area contributed by atoms with Gasteiger partial charge in [-0.3, -0.25) is 9.35 Å². The predicted molar refractivity (Wildman–Crippen MR) is 111 cm³/mol. The molecular weight excluding hydrogens is 467 g/mol. The molecule has 0 atom stereocenters. The van der Waals surface area contributed by atoms with E-state index in [4.69, 9.17) is 0 Å². The molecule has 3 N–H and O–H groups in total. The van der Waals surface area contributed by atoms with Gasteiger partial charge in [0.15, 0.2) is 0 Å². The molecule has 8 heteroatoms. The Labute approximate surface area is 164 Å². The van der Waals surface area contributed by atoms with Crippen molar-refractivity contribution >= 4 is 66.5 Å². The number of fused-ring (bicyclic) bond motifs is 1. The van der Waals surface area contributed by atoms with Crippen LogP contribution < -0.4 is 10.6 Å². The van der Waals surface area contributed by atoms with E-state index in [1.807, 2.05) is 46.9 Å². The van der Waals surface area contributed by atoms with E-state index in [2.05, 4.69) is 10.6 Å². The zero-order valence-corrected chi connectivity index (χ0v) is 16.4. The number of halogens is 1. The molecule has 134 valence electrons. The largest absolute Gasteiger partial charge is 0.353 e. The maximum absolute atomic E-state index is 11.7. The molecule has 26 heavy (non-hydrogen) atoms. The number of benzene rings is 3. The molecule has 0 radical (unpaired) electrons. The van der Waals surface area contributed by atoms with Crippen LogP contribution in [0.25, 0.3) is 10.8 Å². The van der Waals surface area contributed by atoms with Crippen molar-refractivity contribution in [2.24, 2.45) is 0 Å². The summed E-state index contributed by atoms with van der Waals surface area (Å²) in [5.41, 5.74) is 2.12. The lowest BCUT2D eigenvalue weighted by atomic mass is 10.1. The standard InChI is InChI=1S/C18H15IN2O4S/c19-11-18(22)21-17-6-2-1-5-16(17)20-15-7-3-4-12-10-13(26(23,24)25)8-9-14(12)15/h1-10,20H,11H2,(H,21,22)(H,23,24,25). The summed E-state index contributed by atoms with van der Waals surface area (Å²) in [4.78, 5) is 11.5. The first-order chi connectivity index (χ1) is 12.4. The van der Waals surface area contributed by atoms with E-state index < -0.39 is 10.1 Å². The zero-order chi connectivity index (χ0) is 18.7. The van der Waals surface area contributed by atoms with Crippen LogP contribution in [0.15, 0.2) is 65.6 Å². The molecule has 0 fully saturated rings. The normalized spacial score (nSPS) is 11.3. The monoisotopic (exact) mass is 482 g/mol. The summed E-state index contributed by atoms with van der Waals surface area (Å²) in [6.07, 6.45) is 0. The second-order valence-electron chi connectivity index (χ2n) is 5.52. The number of hydrogen-bond acceptors (Lipinski definition) is 4. The Hall–Kier alpha value is -2.17. The number of carbonyl (C=O) groups excluding carboxylic acids is 1. The number of alkyl halides is 1. The van der Waals surface area contributed by atoms with Crippen molar-refractivity contribution in [2.75, 3.05) is 15.1 Å². The molecule has 0 aromatic heterocycles. The van der Waals surface area contributed by atoms with Gasteiger partial charge in [0.2, 0.25) is 5.91 Å². The highest BCUT2D eigenvalue weighted by Gasteiger charge is 2.12. The van der Waals surface area contributed by atoms with E-state index in [0.717, 1.165) is 16.8 Å². The summed E-state index contributed by atoms with van der Waals surface area (Å²) < 4.78 is 32.2. The third-order valence-electron chi connectivity index (χ3n) is 3.74. The molecule has 0 aliphatic carbocycles. The smallest absolute Gasteiger partial charge is 0.294 e. The zero-order valence-electron chi connectivity index (χ0n) is 13.4. The SMILES string of the molecule is O=C(CI)Nc1ccccc1Nc1cccc2cc(S(=O)(=O)O)ccc12. The van der Waals surface area contributed by atoms with E-state index in [1.165, 1.54) is 12.1 Å². The maximum Gasteiger partial charge on any atom is 0.294 e. The molecule has 3 aromatic rings. The highest BCUT2D eigenvalue weighted by molar-refractivity contribution is 14.1. The van der Waals surface area contributed by atoms with Crippen LogP contribution in [0.1, 0.15) is 0 Å². The lowest BCUT2D eigenvalue weighted by Crippen LogP contribution is -2.13. The highest BCUT2D eigenvalue weighted by Crippen LogP contribution is 2.31. The van der Waals surface area contributed by atoms with Gasteiger partial charge >= 0.3 is 0 Å². The lowest BCUT2D eigenvalue weighted by Gasteiger charge is -2.14. The van der Waals surface area contributed by atoms with Gasteiger partial charge in [-0.2, -0.15) is 8.42 Å². The Bertz CT molecular complexity index is 1080. The van der Waals surface area contributed by atoms with E-state index >= 15 is 0 Å². The molecule has 0 spiro atoms. The minimum atomic E-state index is -4.26. The maximum atomic E-state index is 11.7. The number of para-hydroxylation sites is 2. The minimum Gasteiger partial charge on any atom is -0.353 e.